The molecule has 1 aromatic rings. The van der Waals surface area contributed by atoms with Crippen molar-refractivity contribution in [2.75, 3.05) is 19.3 Å². The molecule has 3 heteroatoms. The first kappa shape index (κ1) is 11.1. The first-order chi connectivity index (χ1) is 7.07. The maximum Gasteiger partial charge on any atom is 0.254 e. The van der Waals surface area contributed by atoms with Crippen molar-refractivity contribution < 1.29 is 4.79 Å². The lowest BCUT2D eigenvalue weighted by atomic mass is 10.1. The van der Waals surface area contributed by atoms with Crippen molar-refractivity contribution in [1.29, 1.82) is 0 Å². The molecule has 1 aromatic carbocycles. The zero-order valence-corrected chi connectivity index (χ0v) is 8.95. The Kier molecular flexibility index (Phi) is 3.35. The van der Waals surface area contributed by atoms with Crippen LogP contribution in [0, 0.1) is 19.3 Å². The molecule has 0 aliphatic heterocycles. The highest BCUT2D eigenvalue weighted by atomic mass is 16.2. The van der Waals surface area contributed by atoms with Gasteiger partial charge < -0.3 is 10.6 Å². The summed E-state index contributed by atoms with van der Waals surface area (Å²) >= 11 is 0. The molecule has 15 heavy (non-hydrogen) atoms. The summed E-state index contributed by atoms with van der Waals surface area (Å²) in [6.45, 7) is 2.12. The summed E-state index contributed by atoms with van der Waals surface area (Å²) in [5, 5.41) is 0. The van der Waals surface area contributed by atoms with Gasteiger partial charge in [0.1, 0.15) is 0 Å². The topological polar surface area (TPSA) is 46.3 Å². The maximum atomic E-state index is 11.9. The number of carbonyl (C=O) groups is 1. The summed E-state index contributed by atoms with van der Waals surface area (Å²) in [5.74, 6) is 2.33. The summed E-state index contributed by atoms with van der Waals surface area (Å²) in [6, 6.07) is 5.29. The Morgan fingerprint density at radius 3 is 2.87 bits per heavy atom. The van der Waals surface area contributed by atoms with Crippen LogP contribution in [0.1, 0.15) is 15.9 Å². The average molecular weight is 202 g/mol. The third-order valence-electron chi connectivity index (χ3n) is 2.28. The van der Waals surface area contributed by atoms with Crippen molar-refractivity contribution in [1.82, 2.24) is 4.90 Å². The fourth-order valence-corrected chi connectivity index (χ4v) is 1.30. The zero-order valence-electron chi connectivity index (χ0n) is 8.95. The fraction of sp³-hybridized carbons (Fsp3) is 0.250. The Labute approximate surface area is 89.9 Å². The van der Waals surface area contributed by atoms with Crippen molar-refractivity contribution in [2.45, 2.75) is 6.92 Å². The molecule has 0 spiro atoms. The van der Waals surface area contributed by atoms with Crippen molar-refractivity contribution in [3.05, 3.63) is 29.3 Å². The number of terminal acetylenes is 1. The van der Waals surface area contributed by atoms with Gasteiger partial charge in [0.05, 0.1) is 6.54 Å². The van der Waals surface area contributed by atoms with Crippen molar-refractivity contribution in [2.24, 2.45) is 0 Å². The summed E-state index contributed by atoms with van der Waals surface area (Å²) in [4.78, 5) is 13.4. The molecule has 3 nitrogen and oxygen atoms in total. The first-order valence-electron chi connectivity index (χ1n) is 4.62. The molecule has 0 bridgehead atoms. The van der Waals surface area contributed by atoms with E-state index in [9.17, 15) is 4.79 Å². The second-order valence-corrected chi connectivity index (χ2v) is 3.39. The molecule has 0 unspecified atom stereocenters. The van der Waals surface area contributed by atoms with E-state index in [2.05, 4.69) is 5.92 Å². The largest absolute Gasteiger partial charge is 0.398 e. The van der Waals surface area contributed by atoms with Gasteiger partial charge in [-0.05, 0) is 24.6 Å². The normalized spacial score (nSPS) is 9.40. The summed E-state index contributed by atoms with van der Waals surface area (Å²) in [7, 11) is 1.67. The van der Waals surface area contributed by atoms with Crippen LogP contribution in [0.2, 0.25) is 0 Å². The third kappa shape index (κ3) is 2.29. The predicted molar refractivity (Wildman–Crippen MR) is 61.4 cm³/mol. The van der Waals surface area contributed by atoms with Gasteiger partial charge in [-0.2, -0.15) is 0 Å². The van der Waals surface area contributed by atoms with Gasteiger partial charge in [-0.15, -0.1) is 6.42 Å². The van der Waals surface area contributed by atoms with Crippen LogP contribution in [-0.4, -0.2) is 24.4 Å². The number of hydrogen-bond acceptors (Lipinski definition) is 2. The van der Waals surface area contributed by atoms with Gasteiger partial charge in [0.15, 0.2) is 0 Å². The number of nitrogens with zero attached hydrogens (tertiary/aromatic N) is 1. The molecular formula is C12H14N2O. The lowest BCUT2D eigenvalue weighted by Crippen LogP contribution is -2.27. The van der Waals surface area contributed by atoms with Crippen molar-refractivity contribution in [3.63, 3.8) is 0 Å². The molecule has 2 N–H and O–H groups in total. The van der Waals surface area contributed by atoms with E-state index in [1.54, 1.807) is 25.2 Å². The van der Waals surface area contributed by atoms with Gasteiger partial charge in [0.25, 0.3) is 5.91 Å². The van der Waals surface area contributed by atoms with Crippen LogP contribution in [-0.2, 0) is 0 Å². The molecule has 0 aliphatic carbocycles. The fourth-order valence-electron chi connectivity index (χ4n) is 1.30. The Hall–Kier alpha value is -1.95. The van der Waals surface area contributed by atoms with Crippen LogP contribution >= 0.6 is 0 Å². The van der Waals surface area contributed by atoms with E-state index in [-0.39, 0.29) is 5.91 Å². The van der Waals surface area contributed by atoms with E-state index >= 15 is 0 Å². The second kappa shape index (κ2) is 4.52. The SMILES string of the molecule is C#CCN(C)C(=O)c1cccc(N)c1C. The quantitative estimate of drug-likeness (QED) is 0.580. The number of nitrogen functional groups attached to an aromatic ring is 1. The molecule has 0 radical (unpaired) electrons. The molecule has 0 saturated carbocycles. The summed E-state index contributed by atoms with van der Waals surface area (Å²) < 4.78 is 0. The van der Waals surface area contributed by atoms with Crippen molar-refractivity contribution in [3.8, 4) is 12.3 Å². The number of rotatable bonds is 2. The highest BCUT2D eigenvalue weighted by molar-refractivity contribution is 5.96. The Bertz CT molecular complexity index is 418. The number of nitrogens with two attached hydrogens (primary N) is 1. The van der Waals surface area contributed by atoms with E-state index in [1.807, 2.05) is 6.92 Å². The maximum absolute atomic E-state index is 11.9. The van der Waals surface area contributed by atoms with E-state index in [1.165, 1.54) is 4.90 Å². The summed E-state index contributed by atoms with van der Waals surface area (Å²) in [5.41, 5.74) is 7.74. The van der Waals surface area contributed by atoms with Crippen LogP contribution in [0.5, 0.6) is 0 Å². The smallest absolute Gasteiger partial charge is 0.254 e. The van der Waals surface area contributed by atoms with Crippen LogP contribution in [0.4, 0.5) is 5.69 Å². The van der Waals surface area contributed by atoms with E-state index in [0.29, 0.717) is 17.8 Å². The number of hydrogen-bond donors (Lipinski definition) is 1. The molecule has 0 aliphatic rings. The molecule has 0 saturated heterocycles. The predicted octanol–water partition coefficient (Wildman–Crippen LogP) is 1.28. The number of amides is 1. The average Bonchev–Trinajstić information content (AvgIpc) is 2.21. The monoisotopic (exact) mass is 202 g/mol. The molecular weight excluding hydrogens is 188 g/mol. The third-order valence-corrected chi connectivity index (χ3v) is 2.28. The van der Waals surface area contributed by atoms with Gasteiger partial charge >= 0.3 is 0 Å². The highest BCUT2D eigenvalue weighted by Crippen LogP contribution is 2.16. The first-order valence-corrected chi connectivity index (χ1v) is 4.62. The van der Waals surface area contributed by atoms with E-state index < -0.39 is 0 Å². The van der Waals surface area contributed by atoms with E-state index in [4.69, 9.17) is 12.2 Å². The molecule has 1 rings (SSSR count). The number of anilines is 1. The molecule has 0 fully saturated rings. The van der Waals surface area contributed by atoms with Crippen LogP contribution in [0.25, 0.3) is 0 Å². The van der Waals surface area contributed by atoms with Crippen molar-refractivity contribution >= 4 is 11.6 Å². The molecule has 0 heterocycles. The number of benzene rings is 1. The minimum absolute atomic E-state index is 0.0993. The number of carbonyl (C=O) groups excluding carboxylic acids is 1. The molecule has 1 amide bonds. The lowest BCUT2D eigenvalue weighted by Gasteiger charge is -2.15. The standard InChI is InChI=1S/C12H14N2O/c1-4-8-14(3)12(15)10-6-5-7-11(13)9(10)2/h1,5-7H,8,13H2,2-3H3. The highest BCUT2D eigenvalue weighted by Gasteiger charge is 2.13. The van der Waals surface area contributed by atoms with Gasteiger partial charge in [-0.1, -0.05) is 12.0 Å². The molecule has 0 atom stereocenters. The van der Waals surface area contributed by atoms with Gasteiger partial charge in [-0.25, -0.2) is 0 Å². The Morgan fingerprint density at radius 1 is 1.60 bits per heavy atom. The zero-order chi connectivity index (χ0) is 11.4. The minimum atomic E-state index is -0.0993. The van der Waals surface area contributed by atoms with Crippen LogP contribution in [0.15, 0.2) is 18.2 Å². The minimum Gasteiger partial charge on any atom is -0.398 e. The summed E-state index contributed by atoms with van der Waals surface area (Å²) in [6.07, 6.45) is 5.14. The van der Waals surface area contributed by atoms with Gasteiger partial charge in [0, 0.05) is 18.3 Å². The van der Waals surface area contributed by atoms with Gasteiger partial charge in [0.2, 0.25) is 0 Å². The molecule has 78 valence electrons. The van der Waals surface area contributed by atoms with Gasteiger partial charge in [-0.3, -0.25) is 4.79 Å². The Balaban J connectivity index is 3.02. The molecule has 0 aromatic heterocycles. The van der Waals surface area contributed by atoms with Crippen LogP contribution < -0.4 is 5.73 Å². The Morgan fingerprint density at radius 2 is 2.27 bits per heavy atom. The van der Waals surface area contributed by atoms with E-state index in [0.717, 1.165) is 5.56 Å². The second-order valence-electron chi connectivity index (χ2n) is 3.39. The lowest BCUT2D eigenvalue weighted by molar-refractivity contribution is 0.0812. The van der Waals surface area contributed by atoms with Crippen LogP contribution in [0.3, 0.4) is 0 Å².